The van der Waals surface area contributed by atoms with E-state index in [2.05, 4.69) is 15.3 Å². The molecule has 2 aromatic heterocycles. The molecule has 0 saturated carbocycles. The molecule has 0 aliphatic rings. The number of aromatic nitrogens is 4. The maximum Gasteiger partial charge on any atom is 0.179 e. The van der Waals surface area contributed by atoms with E-state index in [0.29, 0.717) is 16.3 Å². The van der Waals surface area contributed by atoms with Gasteiger partial charge in [0.1, 0.15) is 17.3 Å². The SMILES string of the molecule is FCCn1nnc2ccc(Cl)nc21. The highest BCUT2D eigenvalue weighted by Crippen LogP contribution is 2.12. The summed E-state index contributed by atoms with van der Waals surface area (Å²) in [5.74, 6) is 0. The van der Waals surface area contributed by atoms with E-state index >= 15 is 0 Å². The largest absolute Gasteiger partial charge is 0.249 e. The summed E-state index contributed by atoms with van der Waals surface area (Å²) in [5.41, 5.74) is 1.14. The molecule has 0 amide bonds. The van der Waals surface area contributed by atoms with Gasteiger partial charge in [0.25, 0.3) is 0 Å². The van der Waals surface area contributed by atoms with Crippen LogP contribution >= 0.6 is 11.6 Å². The minimum Gasteiger partial charge on any atom is -0.249 e. The summed E-state index contributed by atoms with van der Waals surface area (Å²) in [6.45, 7) is -0.337. The van der Waals surface area contributed by atoms with Gasteiger partial charge in [-0.25, -0.2) is 14.1 Å². The van der Waals surface area contributed by atoms with Crippen LogP contribution in [0.5, 0.6) is 0 Å². The van der Waals surface area contributed by atoms with Gasteiger partial charge >= 0.3 is 0 Å². The first kappa shape index (κ1) is 8.37. The van der Waals surface area contributed by atoms with E-state index < -0.39 is 6.67 Å². The third-order valence-electron chi connectivity index (χ3n) is 1.62. The molecule has 0 aliphatic carbocycles. The molecule has 68 valence electrons. The molecule has 0 atom stereocenters. The first-order chi connectivity index (χ1) is 6.31. The van der Waals surface area contributed by atoms with Crippen LogP contribution in [0.25, 0.3) is 11.2 Å². The van der Waals surface area contributed by atoms with E-state index in [4.69, 9.17) is 11.6 Å². The van der Waals surface area contributed by atoms with E-state index in [1.54, 1.807) is 12.1 Å². The van der Waals surface area contributed by atoms with Crippen molar-refractivity contribution in [1.82, 2.24) is 20.0 Å². The highest BCUT2D eigenvalue weighted by atomic mass is 35.5. The Kier molecular flexibility index (Phi) is 2.10. The van der Waals surface area contributed by atoms with Gasteiger partial charge in [-0.1, -0.05) is 16.8 Å². The van der Waals surface area contributed by atoms with Crippen molar-refractivity contribution in [1.29, 1.82) is 0 Å². The van der Waals surface area contributed by atoms with Gasteiger partial charge < -0.3 is 0 Å². The zero-order valence-corrected chi connectivity index (χ0v) is 7.37. The number of aryl methyl sites for hydroxylation is 1. The summed E-state index contributed by atoms with van der Waals surface area (Å²) in [4.78, 5) is 3.99. The zero-order chi connectivity index (χ0) is 9.26. The molecule has 0 saturated heterocycles. The van der Waals surface area contributed by atoms with E-state index in [1.807, 2.05) is 0 Å². The van der Waals surface area contributed by atoms with Crippen molar-refractivity contribution in [2.24, 2.45) is 0 Å². The number of hydrogen-bond acceptors (Lipinski definition) is 3. The van der Waals surface area contributed by atoms with Crippen molar-refractivity contribution < 1.29 is 4.39 Å². The first-order valence-corrected chi connectivity index (χ1v) is 4.11. The Labute approximate surface area is 78.3 Å². The number of halogens is 2. The molecular formula is C7H6ClFN4. The number of alkyl halides is 1. The van der Waals surface area contributed by atoms with Crippen LogP contribution in [0.15, 0.2) is 12.1 Å². The average Bonchev–Trinajstić information content (AvgIpc) is 2.49. The lowest BCUT2D eigenvalue weighted by molar-refractivity contribution is 0.426. The molecule has 6 heteroatoms. The van der Waals surface area contributed by atoms with E-state index in [0.717, 1.165) is 0 Å². The fraction of sp³-hybridized carbons (Fsp3) is 0.286. The van der Waals surface area contributed by atoms with Crippen molar-refractivity contribution >= 4 is 22.8 Å². The third kappa shape index (κ3) is 1.47. The second-order valence-corrected chi connectivity index (χ2v) is 2.87. The Morgan fingerprint density at radius 2 is 2.31 bits per heavy atom. The van der Waals surface area contributed by atoms with Gasteiger partial charge in [-0.2, -0.15) is 0 Å². The van der Waals surface area contributed by atoms with Crippen molar-refractivity contribution in [3.05, 3.63) is 17.3 Å². The number of pyridine rings is 1. The lowest BCUT2D eigenvalue weighted by Gasteiger charge is -1.95. The highest BCUT2D eigenvalue weighted by Gasteiger charge is 2.05. The summed E-state index contributed by atoms with van der Waals surface area (Å²) in [7, 11) is 0. The Balaban J connectivity index is 2.58. The molecule has 2 rings (SSSR count). The summed E-state index contributed by atoms with van der Waals surface area (Å²) in [6.07, 6.45) is 0. The van der Waals surface area contributed by atoms with Gasteiger partial charge in [0.05, 0.1) is 6.54 Å². The van der Waals surface area contributed by atoms with Crippen LogP contribution in [0.1, 0.15) is 0 Å². The maximum absolute atomic E-state index is 12.0. The first-order valence-electron chi connectivity index (χ1n) is 3.73. The molecular weight excluding hydrogens is 195 g/mol. The Bertz CT molecular complexity index is 427. The van der Waals surface area contributed by atoms with Crippen LogP contribution in [0, 0.1) is 0 Å². The minimum absolute atomic E-state index is 0.157. The summed E-state index contributed by atoms with van der Waals surface area (Å²) < 4.78 is 13.4. The molecule has 2 aromatic rings. The van der Waals surface area contributed by atoms with Crippen LogP contribution in [-0.4, -0.2) is 26.7 Å². The van der Waals surface area contributed by atoms with E-state index in [-0.39, 0.29) is 6.54 Å². The zero-order valence-electron chi connectivity index (χ0n) is 6.61. The predicted molar refractivity (Wildman–Crippen MR) is 46.3 cm³/mol. The van der Waals surface area contributed by atoms with Crippen LogP contribution < -0.4 is 0 Å². The van der Waals surface area contributed by atoms with Crippen molar-refractivity contribution in [3.8, 4) is 0 Å². The van der Waals surface area contributed by atoms with Crippen molar-refractivity contribution in [2.75, 3.05) is 6.67 Å². The topological polar surface area (TPSA) is 43.6 Å². The van der Waals surface area contributed by atoms with Gasteiger partial charge in [-0.15, -0.1) is 5.10 Å². The second kappa shape index (κ2) is 3.26. The van der Waals surface area contributed by atoms with Crippen LogP contribution in [-0.2, 0) is 6.54 Å². The normalized spacial score (nSPS) is 10.9. The Morgan fingerprint density at radius 3 is 3.08 bits per heavy atom. The fourth-order valence-electron chi connectivity index (χ4n) is 1.06. The third-order valence-corrected chi connectivity index (χ3v) is 1.83. The molecule has 0 unspecified atom stereocenters. The van der Waals surface area contributed by atoms with Gasteiger partial charge in [0, 0.05) is 0 Å². The van der Waals surface area contributed by atoms with E-state index in [9.17, 15) is 4.39 Å². The molecule has 0 aliphatic heterocycles. The summed E-state index contributed by atoms with van der Waals surface area (Å²) >= 11 is 5.67. The molecule has 0 bridgehead atoms. The van der Waals surface area contributed by atoms with Crippen molar-refractivity contribution in [2.45, 2.75) is 6.54 Å². The van der Waals surface area contributed by atoms with Crippen LogP contribution in [0.4, 0.5) is 4.39 Å². The lowest BCUT2D eigenvalue weighted by Crippen LogP contribution is -2.02. The number of fused-ring (bicyclic) bond motifs is 1. The van der Waals surface area contributed by atoms with Gasteiger partial charge in [0.2, 0.25) is 0 Å². The fourth-order valence-corrected chi connectivity index (χ4v) is 1.20. The molecule has 13 heavy (non-hydrogen) atoms. The van der Waals surface area contributed by atoms with Crippen LogP contribution in [0.2, 0.25) is 5.15 Å². The van der Waals surface area contributed by atoms with Crippen molar-refractivity contribution in [3.63, 3.8) is 0 Å². The van der Waals surface area contributed by atoms with Crippen LogP contribution in [0.3, 0.4) is 0 Å². The van der Waals surface area contributed by atoms with E-state index in [1.165, 1.54) is 4.68 Å². The average molecular weight is 201 g/mol. The molecule has 0 radical (unpaired) electrons. The lowest BCUT2D eigenvalue weighted by atomic mass is 10.4. The second-order valence-electron chi connectivity index (χ2n) is 2.48. The molecule has 0 fully saturated rings. The summed E-state index contributed by atoms with van der Waals surface area (Å²) in [6, 6.07) is 3.32. The Morgan fingerprint density at radius 1 is 1.46 bits per heavy atom. The number of hydrogen-bond donors (Lipinski definition) is 0. The Hall–Kier alpha value is -1.23. The standard InChI is InChI=1S/C7H6ClFN4/c8-6-2-1-5-7(10-6)13(4-3-9)12-11-5/h1-2H,3-4H2. The van der Waals surface area contributed by atoms with Gasteiger partial charge in [-0.05, 0) is 12.1 Å². The summed E-state index contributed by atoms with van der Waals surface area (Å²) in [5, 5.41) is 7.89. The monoisotopic (exact) mass is 200 g/mol. The molecule has 0 spiro atoms. The predicted octanol–water partition coefficient (Wildman–Crippen LogP) is 1.45. The quantitative estimate of drug-likeness (QED) is 0.690. The minimum atomic E-state index is -0.493. The smallest absolute Gasteiger partial charge is 0.179 e. The number of nitrogens with zero attached hydrogens (tertiary/aromatic N) is 4. The van der Waals surface area contributed by atoms with Gasteiger partial charge in [0.15, 0.2) is 5.65 Å². The number of rotatable bonds is 2. The maximum atomic E-state index is 12.0. The molecule has 0 aromatic carbocycles. The molecule has 2 heterocycles. The van der Waals surface area contributed by atoms with Gasteiger partial charge in [-0.3, -0.25) is 0 Å². The molecule has 4 nitrogen and oxygen atoms in total. The highest BCUT2D eigenvalue weighted by molar-refractivity contribution is 6.29. The molecule has 0 N–H and O–H groups in total.